The van der Waals surface area contributed by atoms with Crippen LogP contribution in [0.3, 0.4) is 0 Å². The minimum Gasteiger partial charge on any atom is -0.309 e. The third kappa shape index (κ3) is 3.21. The molecule has 3 aromatic carbocycles. The molecule has 0 unspecified atom stereocenters. The Hall–Kier alpha value is -2.54. The maximum atomic E-state index is 2.34. The second-order valence-corrected chi connectivity index (χ2v) is 5.21. The summed E-state index contributed by atoms with van der Waals surface area (Å²) in [6.45, 7) is 10.1. The van der Waals surface area contributed by atoms with Crippen molar-refractivity contribution in [3.05, 3.63) is 78.4 Å². The molecule has 0 aliphatic rings. The first-order valence-electron chi connectivity index (χ1n) is 8.90. The van der Waals surface area contributed by atoms with Crippen LogP contribution in [0.4, 0.5) is 0 Å². The minimum atomic E-state index is 1.21. The predicted molar refractivity (Wildman–Crippen MR) is 108 cm³/mol. The van der Waals surface area contributed by atoms with Crippen LogP contribution in [0.5, 0.6) is 0 Å². The summed E-state index contributed by atoms with van der Waals surface area (Å²) in [4.78, 5) is 0. The van der Waals surface area contributed by atoms with E-state index in [1.54, 1.807) is 0 Å². The van der Waals surface area contributed by atoms with E-state index in [9.17, 15) is 0 Å². The van der Waals surface area contributed by atoms with Crippen molar-refractivity contribution in [3.8, 4) is 5.69 Å². The molecule has 0 saturated heterocycles. The van der Waals surface area contributed by atoms with Crippen molar-refractivity contribution in [1.29, 1.82) is 0 Å². The number of rotatable bonds is 1. The SMILES string of the molecule is CC.CC.Cc1ccc2c(c1)c1ccccc1n2-c1ccccc1. The first-order chi connectivity index (χ1) is 11.8. The molecule has 124 valence electrons. The van der Waals surface area contributed by atoms with Crippen LogP contribution in [0.2, 0.25) is 0 Å². The van der Waals surface area contributed by atoms with Crippen molar-refractivity contribution in [3.63, 3.8) is 0 Å². The van der Waals surface area contributed by atoms with Crippen LogP contribution in [0, 0.1) is 6.92 Å². The highest BCUT2D eigenvalue weighted by Gasteiger charge is 2.11. The first-order valence-corrected chi connectivity index (χ1v) is 8.90. The standard InChI is InChI=1S/C19H15N.2C2H6/c1-14-11-12-19-17(13-14)16-9-5-6-10-18(16)20(19)15-7-3-2-4-8-15;2*1-2/h2-13H,1H3;2*1-2H3. The summed E-state index contributed by atoms with van der Waals surface area (Å²) in [5.41, 5.74) is 5.04. The molecule has 0 aliphatic carbocycles. The van der Waals surface area contributed by atoms with E-state index in [1.165, 1.54) is 33.1 Å². The van der Waals surface area contributed by atoms with Crippen LogP contribution < -0.4 is 0 Å². The highest BCUT2D eigenvalue weighted by atomic mass is 15.0. The number of aryl methyl sites for hydroxylation is 1. The Morgan fingerprint density at radius 2 is 1.17 bits per heavy atom. The highest BCUT2D eigenvalue weighted by Crippen LogP contribution is 2.32. The molecule has 0 atom stereocenters. The van der Waals surface area contributed by atoms with Crippen molar-refractivity contribution in [2.75, 3.05) is 0 Å². The average molecular weight is 317 g/mol. The molecule has 0 N–H and O–H groups in total. The molecular formula is C23H27N. The van der Waals surface area contributed by atoms with Gasteiger partial charge in [0.25, 0.3) is 0 Å². The number of hydrogen-bond donors (Lipinski definition) is 0. The lowest BCUT2D eigenvalue weighted by Gasteiger charge is -2.07. The van der Waals surface area contributed by atoms with Gasteiger partial charge in [-0.05, 0) is 37.3 Å². The highest BCUT2D eigenvalue weighted by molar-refractivity contribution is 6.09. The summed E-state index contributed by atoms with van der Waals surface area (Å²) < 4.78 is 2.34. The van der Waals surface area contributed by atoms with Crippen LogP contribution in [0.15, 0.2) is 72.8 Å². The quantitative estimate of drug-likeness (QED) is 0.351. The van der Waals surface area contributed by atoms with Gasteiger partial charge in [-0.25, -0.2) is 0 Å². The Morgan fingerprint density at radius 1 is 0.583 bits per heavy atom. The van der Waals surface area contributed by atoms with Gasteiger partial charge in [0.2, 0.25) is 0 Å². The second-order valence-electron chi connectivity index (χ2n) is 5.21. The van der Waals surface area contributed by atoms with Gasteiger partial charge in [0, 0.05) is 16.5 Å². The van der Waals surface area contributed by atoms with Crippen molar-refractivity contribution in [2.45, 2.75) is 34.6 Å². The lowest BCUT2D eigenvalue weighted by Crippen LogP contribution is -1.92. The molecule has 0 aliphatic heterocycles. The normalized spacial score (nSPS) is 9.88. The van der Waals surface area contributed by atoms with Crippen LogP contribution in [0.1, 0.15) is 33.3 Å². The van der Waals surface area contributed by atoms with Crippen molar-refractivity contribution in [2.24, 2.45) is 0 Å². The molecule has 1 nitrogen and oxygen atoms in total. The van der Waals surface area contributed by atoms with E-state index in [4.69, 9.17) is 0 Å². The van der Waals surface area contributed by atoms with Gasteiger partial charge in [-0.2, -0.15) is 0 Å². The van der Waals surface area contributed by atoms with E-state index in [0.29, 0.717) is 0 Å². The Morgan fingerprint density at radius 3 is 1.88 bits per heavy atom. The summed E-state index contributed by atoms with van der Waals surface area (Å²) in [6, 6.07) is 25.8. The number of nitrogens with zero attached hydrogens (tertiary/aromatic N) is 1. The van der Waals surface area contributed by atoms with Gasteiger partial charge >= 0.3 is 0 Å². The second kappa shape index (κ2) is 8.35. The van der Waals surface area contributed by atoms with E-state index in [-0.39, 0.29) is 0 Å². The number of hydrogen-bond acceptors (Lipinski definition) is 0. The van der Waals surface area contributed by atoms with E-state index in [0.717, 1.165) is 0 Å². The zero-order chi connectivity index (χ0) is 17.5. The van der Waals surface area contributed by atoms with E-state index >= 15 is 0 Å². The fraction of sp³-hybridized carbons (Fsp3) is 0.217. The number of aromatic nitrogens is 1. The molecular weight excluding hydrogens is 290 g/mol. The van der Waals surface area contributed by atoms with Crippen LogP contribution in [-0.2, 0) is 0 Å². The summed E-state index contributed by atoms with van der Waals surface area (Å²) >= 11 is 0. The molecule has 4 rings (SSSR count). The van der Waals surface area contributed by atoms with Gasteiger partial charge in [-0.1, -0.05) is 75.7 Å². The smallest absolute Gasteiger partial charge is 0.0541 e. The van der Waals surface area contributed by atoms with Gasteiger partial charge in [0.1, 0.15) is 0 Å². The molecule has 0 spiro atoms. The average Bonchev–Trinajstić information content (AvgIpc) is 2.99. The lowest BCUT2D eigenvalue weighted by molar-refractivity contribution is 1.18. The summed E-state index contributed by atoms with van der Waals surface area (Å²) in [5.74, 6) is 0. The Kier molecular flexibility index (Phi) is 6.20. The van der Waals surface area contributed by atoms with Crippen molar-refractivity contribution in [1.82, 2.24) is 4.57 Å². The molecule has 0 bridgehead atoms. The molecule has 1 aromatic heterocycles. The molecule has 0 fully saturated rings. The number of para-hydroxylation sites is 2. The molecule has 1 heterocycles. The monoisotopic (exact) mass is 317 g/mol. The Labute approximate surface area is 145 Å². The first kappa shape index (κ1) is 17.8. The number of benzene rings is 3. The van der Waals surface area contributed by atoms with Crippen LogP contribution in [0.25, 0.3) is 27.5 Å². The topological polar surface area (TPSA) is 4.93 Å². The fourth-order valence-corrected chi connectivity index (χ4v) is 2.94. The van der Waals surface area contributed by atoms with E-state index < -0.39 is 0 Å². The Bertz CT molecular complexity index is 901. The fourth-order valence-electron chi connectivity index (χ4n) is 2.94. The van der Waals surface area contributed by atoms with Gasteiger partial charge in [-0.15, -0.1) is 0 Å². The summed E-state index contributed by atoms with van der Waals surface area (Å²) in [6.07, 6.45) is 0. The van der Waals surface area contributed by atoms with Gasteiger partial charge < -0.3 is 4.57 Å². The number of fused-ring (bicyclic) bond motifs is 3. The van der Waals surface area contributed by atoms with Gasteiger partial charge in [-0.3, -0.25) is 0 Å². The largest absolute Gasteiger partial charge is 0.309 e. The van der Waals surface area contributed by atoms with Crippen molar-refractivity contribution >= 4 is 21.8 Å². The minimum absolute atomic E-state index is 1.21. The molecule has 4 aromatic rings. The third-order valence-corrected chi connectivity index (χ3v) is 3.84. The maximum absolute atomic E-state index is 2.34. The predicted octanol–water partition coefficient (Wildman–Crippen LogP) is 7.14. The third-order valence-electron chi connectivity index (χ3n) is 3.84. The van der Waals surface area contributed by atoms with Crippen LogP contribution >= 0.6 is 0 Å². The molecule has 1 heteroatoms. The molecule has 0 amide bonds. The zero-order valence-electron chi connectivity index (χ0n) is 15.4. The molecule has 0 radical (unpaired) electrons. The zero-order valence-corrected chi connectivity index (χ0v) is 15.4. The van der Waals surface area contributed by atoms with E-state index in [1.807, 2.05) is 27.7 Å². The van der Waals surface area contributed by atoms with Gasteiger partial charge in [0.05, 0.1) is 11.0 Å². The maximum Gasteiger partial charge on any atom is 0.0541 e. The molecule has 0 saturated carbocycles. The van der Waals surface area contributed by atoms with Crippen molar-refractivity contribution < 1.29 is 0 Å². The molecule has 24 heavy (non-hydrogen) atoms. The lowest BCUT2D eigenvalue weighted by atomic mass is 10.1. The Balaban J connectivity index is 0.000000487. The summed E-state index contributed by atoms with van der Waals surface area (Å²) in [5, 5.41) is 2.64. The summed E-state index contributed by atoms with van der Waals surface area (Å²) in [7, 11) is 0. The van der Waals surface area contributed by atoms with Gasteiger partial charge in [0.15, 0.2) is 0 Å². The van der Waals surface area contributed by atoms with E-state index in [2.05, 4.69) is 84.3 Å². The van der Waals surface area contributed by atoms with Crippen LogP contribution in [-0.4, -0.2) is 4.57 Å².